The molecule has 0 radical (unpaired) electrons. The van der Waals surface area contributed by atoms with Crippen LogP contribution in [-0.4, -0.2) is 70.3 Å². The third kappa shape index (κ3) is 6.64. The number of hydrogen-bond acceptors (Lipinski definition) is 5. The van der Waals surface area contributed by atoms with Crippen molar-refractivity contribution in [3.63, 3.8) is 0 Å². The summed E-state index contributed by atoms with van der Waals surface area (Å²) < 4.78 is 4.91. The highest BCUT2D eigenvalue weighted by Gasteiger charge is 2.24. The van der Waals surface area contributed by atoms with E-state index in [2.05, 4.69) is 43.4 Å². The molecule has 1 aromatic rings. The van der Waals surface area contributed by atoms with Crippen LogP contribution >= 0.6 is 11.3 Å². The van der Waals surface area contributed by atoms with Crippen molar-refractivity contribution in [3.8, 4) is 0 Å². The molecule has 0 aliphatic carbocycles. The number of nitrogens with one attached hydrogen (secondary N) is 3. The molecular weight excluding hydrogens is 338 g/mol. The van der Waals surface area contributed by atoms with Crippen LogP contribution in [-0.2, 0) is 9.53 Å². The van der Waals surface area contributed by atoms with Crippen LogP contribution in [0.2, 0.25) is 0 Å². The SMILES string of the molecule is CN=C(NCC(=O)NCCOC)NCC(c1cccs1)N1CCCC1. The van der Waals surface area contributed by atoms with E-state index < -0.39 is 0 Å². The van der Waals surface area contributed by atoms with Crippen LogP contribution < -0.4 is 16.0 Å². The highest BCUT2D eigenvalue weighted by molar-refractivity contribution is 7.10. The number of aliphatic imine (C=N–C) groups is 1. The van der Waals surface area contributed by atoms with E-state index in [9.17, 15) is 4.79 Å². The first-order chi connectivity index (χ1) is 12.2. The number of thiophene rings is 1. The van der Waals surface area contributed by atoms with E-state index in [1.807, 2.05) is 0 Å². The Balaban J connectivity index is 1.80. The molecule has 25 heavy (non-hydrogen) atoms. The lowest BCUT2D eigenvalue weighted by Gasteiger charge is -2.27. The molecule has 1 aromatic heterocycles. The highest BCUT2D eigenvalue weighted by Crippen LogP contribution is 2.27. The first-order valence-electron chi connectivity index (χ1n) is 8.72. The Kier molecular flexibility index (Phi) is 8.71. The van der Waals surface area contributed by atoms with E-state index in [0.29, 0.717) is 25.2 Å². The van der Waals surface area contributed by atoms with Crippen LogP contribution in [0.15, 0.2) is 22.5 Å². The summed E-state index contributed by atoms with van der Waals surface area (Å²) in [5, 5.41) is 11.3. The average Bonchev–Trinajstić information content (AvgIpc) is 3.32. The number of nitrogens with zero attached hydrogens (tertiary/aromatic N) is 2. The van der Waals surface area contributed by atoms with Crippen LogP contribution in [0.1, 0.15) is 23.8 Å². The molecule has 1 atom stereocenters. The third-order valence-electron chi connectivity index (χ3n) is 4.18. The standard InChI is InChI=1S/C17H29N5O2S/c1-18-17(21-13-16(23)19-7-10-24-2)20-12-14(15-6-5-11-25-15)22-8-3-4-9-22/h5-6,11,14H,3-4,7-10,12-13H2,1-2H3,(H,19,23)(H2,18,20,21). The Hall–Kier alpha value is -1.64. The zero-order chi connectivity index (χ0) is 17.9. The Bertz CT molecular complexity index is 529. The van der Waals surface area contributed by atoms with Gasteiger partial charge in [-0.15, -0.1) is 11.3 Å². The molecule has 0 spiro atoms. The second-order valence-corrected chi connectivity index (χ2v) is 6.90. The van der Waals surface area contributed by atoms with Crippen molar-refractivity contribution < 1.29 is 9.53 Å². The molecule has 1 aliphatic rings. The zero-order valence-electron chi connectivity index (χ0n) is 15.1. The Labute approximate surface area is 153 Å². The lowest BCUT2D eigenvalue weighted by molar-refractivity contribution is -0.120. The van der Waals surface area contributed by atoms with E-state index in [-0.39, 0.29) is 12.5 Å². The van der Waals surface area contributed by atoms with Gasteiger partial charge in [-0.05, 0) is 37.4 Å². The maximum Gasteiger partial charge on any atom is 0.239 e. The van der Waals surface area contributed by atoms with E-state index in [1.54, 1.807) is 25.5 Å². The molecule has 7 nitrogen and oxygen atoms in total. The molecular formula is C17H29N5O2S. The predicted molar refractivity (Wildman–Crippen MR) is 102 cm³/mol. The van der Waals surface area contributed by atoms with Crippen LogP contribution in [0.25, 0.3) is 0 Å². The summed E-state index contributed by atoms with van der Waals surface area (Å²) in [5.74, 6) is 0.567. The number of hydrogen-bond donors (Lipinski definition) is 3. The highest BCUT2D eigenvalue weighted by atomic mass is 32.1. The van der Waals surface area contributed by atoms with E-state index in [0.717, 1.165) is 19.6 Å². The zero-order valence-corrected chi connectivity index (χ0v) is 15.9. The third-order valence-corrected chi connectivity index (χ3v) is 5.16. The number of ether oxygens (including phenoxy) is 1. The monoisotopic (exact) mass is 367 g/mol. The molecule has 0 aromatic carbocycles. The van der Waals surface area contributed by atoms with Gasteiger partial charge in [-0.1, -0.05) is 6.07 Å². The minimum Gasteiger partial charge on any atom is -0.383 e. The van der Waals surface area contributed by atoms with Gasteiger partial charge in [-0.3, -0.25) is 14.7 Å². The van der Waals surface area contributed by atoms with Crippen molar-refractivity contribution in [3.05, 3.63) is 22.4 Å². The van der Waals surface area contributed by atoms with Crippen LogP contribution in [0.4, 0.5) is 0 Å². The largest absolute Gasteiger partial charge is 0.383 e. The van der Waals surface area contributed by atoms with Gasteiger partial charge < -0.3 is 20.7 Å². The van der Waals surface area contributed by atoms with Gasteiger partial charge in [-0.25, -0.2) is 0 Å². The predicted octanol–water partition coefficient (Wildman–Crippen LogP) is 0.813. The fourth-order valence-electron chi connectivity index (χ4n) is 2.88. The average molecular weight is 368 g/mol. The second kappa shape index (κ2) is 11.1. The number of carbonyl (C=O) groups excluding carboxylic acids is 1. The van der Waals surface area contributed by atoms with E-state index in [1.165, 1.54) is 17.7 Å². The number of carbonyl (C=O) groups is 1. The summed E-state index contributed by atoms with van der Waals surface area (Å²) in [6.07, 6.45) is 2.52. The van der Waals surface area contributed by atoms with Crippen molar-refractivity contribution in [1.82, 2.24) is 20.9 Å². The summed E-state index contributed by atoms with van der Waals surface area (Å²) in [7, 11) is 3.33. The quantitative estimate of drug-likeness (QED) is 0.342. The van der Waals surface area contributed by atoms with E-state index >= 15 is 0 Å². The maximum absolute atomic E-state index is 11.8. The maximum atomic E-state index is 11.8. The molecule has 8 heteroatoms. The molecule has 1 unspecified atom stereocenters. The van der Waals surface area contributed by atoms with Crippen molar-refractivity contribution in [2.75, 3.05) is 53.5 Å². The molecule has 1 fully saturated rings. The summed E-state index contributed by atoms with van der Waals surface area (Å²) in [5.41, 5.74) is 0. The van der Waals surface area contributed by atoms with Crippen molar-refractivity contribution >= 4 is 23.2 Å². The van der Waals surface area contributed by atoms with Gasteiger partial charge in [0, 0.05) is 32.1 Å². The molecule has 1 amide bonds. The molecule has 1 saturated heterocycles. The number of likely N-dealkylation sites (tertiary alicyclic amines) is 1. The summed E-state index contributed by atoms with van der Waals surface area (Å²) in [6.45, 7) is 4.26. The van der Waals surface area contributed by atoms with Crippen LogP contribution in [0.3, 0.4) is 0 Å². The molecule has 2 rings (SSSR count). The normalized spacial score (nSPS) is 16.6. The molecule has 1 aliphatic heterocycles. The number of rotatable bonds is 9. The first-order valence-corrected chi connectivity index (χ1v) is 9.60. The second-order valence-electron chi connectivity index (χ2n) is 5.92. The van der Waals surface area contributed by atoms with Crippen molar-refractivity contribution in [2.45, 2.75) is 18.9 Å². The van der Waals surface area contributed by atoms with Gasteiger partial charge in [0.1, 0.15) is 0 Å². The lowest BCUT2D eigenvalue weighted by atomic mass is 10.2. The van der Waals surface area contributed by atoms with Crippen LogP contribution in [0, 0.1) is 0 Å². The van der Waals surface area contributed by atoms with Gasteiger partial charge in [0.15, 0.2) is 5.96 Å². The first kappa shape index (κ1) is 19.7. The summed E-state index contributed by atoms with van der Waals surface area (Å²) in [6, 6.07) is 4.63. The van der Waals surface area contributed by atoms with E-state index in [4.69, 9.17) is 4.74 Å². The minimum atomic E-state index is -0.0747. The van der Waals surface area contributed by atoms with Crippen molar-refractivity contribution in [2.24, 2.45) is 4.99 Å². The molecule has 0 saturated carbocycles. The van der Waals surface area contributed by atoms with Gasteiger partial charge in [-0.2, -0.15) is 0 Å². The van der Waals surface area contributed by atoms with Gasteiger partial charge >= 0.3 is 0 Å². The molecule has 140 valence electrons. The Morgan fingerprint density at radius 1 is 1.36 bits per heavy atom. The Morgan fingerprint density at radius 2 is 2.16 bits per heavy atom. The van der Waals surface area contributed by atoms with Gasteiger partial charge in [0.2, 0.25) is 5.91 Å². The topological polar surface area (TPSA) is 78.0 Å². The fourth-order valence-corrected chi connectivity index (χ4v) is 3.74. The van der Waals surface area contributed by atoms with Gasteiger partial charge in [0.25, 0.3) is 0 Å². The lowest BCUT2D eigenvalue weighted by Crippen LogP contribution is -2.46. The minimum absolute atomic E-state index is 0.0747. The number of guanidine groups is 1. The summed E-state index contributed by atoms with van der Waals surface area (Å²) >= 11 is 1.79. The number of amides is 1. The fraction of sp³-hybridized carbons (Fsp3) is 0.647. The summed E-state index contributed by atoms with van der Waals surface area (Å²) in [4.78, 5) is 19.8. The van der Waals surface area contributed by atoms with Crippen molar-refractivity contribution in [1.29, 1.82) is 0 Å². The molecule has 0 bridgehead atoms. The molecule has 3 N–H and O–H groups in total. The smallest absolute Gasteiger partial charge is 0.239 e. The number of methoxy groups -OCH3 is 1. The molecule has 2 heterocycles. The van der Waals surface area contributed by atoms with Crippen LogP contribution in [0.5, 0.6) is 0 Å². The Morgan fingerprint density at radius 3 is 2.80 bits per heavy atom. The van der Waals surface area contributed by atoms with Gasteiger partial charge in [0.05, 0.1) is 19.2 Å².